The molecule has 0 radical (unpaired) electrons. The summed E-state index contributed by atoms with van der Waals surface area (Å²) < 4.78 is 12.6. The molecule has 2 rings (SSSR count). The van der Waals surface area contributed by atoms with Gasteiger partial charge in [-0.3, -0.25) is 9.97 Å². The van der Waals surface area contributed by atoms with Crippen molar-refractivity contribution >= 4 is 11.0 Å². The van der Waals surface area contributed by atoms with Crippen LogP contribution in [-0.2, 0) is 6.54 Å². The molecule has 1 N–H and O–H groups in total. The van der Waals surface area contributed by atoms with E-state index in [4.69, 9.17) is 0 Å². The molecule has 0 bridgehead atoms. The third-order valence-electron chi connectivity index (χ3n) is 2.58. The molecule has 90 valence electrons. The van der Waals surface area contributed by atoms with Crippen LogP contribution < -0.4 is 5.32 Å². The number of alkyl halides is 1. The first-order chi connectivity index (χ1) is 8.25. The topological polar surface area (TPSA) is 37.8 Å². The second kappa shape index (κ2) is 5.68. The zero-order valence-electron chi connectivity index (χ0n) is 9.86. The maximum Gasteiger partial charge on any atom is 0.0985 e. The summed E-state index contributed by atoms with van der Waals surface area (Å²) in [6, 6.07) is 5.98. The summed E-state index contributed by atoms with van der Waals surface area (Å²) in [7, 11) is 0. The van der Waals surface area contributed by atoms with Crippen molar-refractivity contribution in [3.8, 4) is 0 Å². The lowest BCUT2D eigenvalue weighted by Crippen LogP contribution is -2.17. The van der Waals surface area contributed by atoms with Crippen LogP contribution in [-0.4, -0.2) is 22.7 Å². The smallest absolute Gasteiger partial charge is 0.0985 e. The summed E-state index contributed by atoms with van der Waals surface area (Å²) in [6.07, 6.45) is 3.17. The molecule has 0 amide bonds. The van der Waals surface area contributed by atoms with Crippen LogP contribution in [0.4, 0.5) is 4.39 Å². The lowest BCUT2D eigenvalue weighted by atomic mass is 10.2. The van der Waals surface area contributed by atoms with E-state index in [0.717, 1.165) is 23.1 Å². The van der Waals surface area contributed by atoms with Gasteiger partial charge in [0.05, 0.1) is 17.2 Å². The first kappa shape index (κ1) is 11.9. The van der Waals surface area contributed by atoms with E-state index in [0.29, 0.717) is 13.0 Å². The molecule has 1 aromatic carbocycles. The van der Waals surface area contributed by atoms with Crippen LogP contribution in [0.15, 0.2) is 30.6 Å². The number of hydrogen-bond acceptors (Lipinski definition) is 3. The molecule has 1 atom stereocenters. The van der Waals surface area contributed by atoms with Gasteiger partial charge in [-0.15, -0.1) is 0 Å². The lowest BCUT2D eigenvalue weighted by molar-refractivity contribution is 0.336. The number of hydrogen-bond donors (Lipinski definition) is 1. The van der Waals surface area contributed by atoms with Gasteiger partial charge in [0.15, 0.2) is 0 Å². The molecule has 0 fully saturated rings. The van der Waals surface area contributed by atoms with Crippen molar-refractivity contribution in [1.29, 1.82) is 0 Å². The Kier molecular flexibility index (Phi) is 3.98. The maximum absolute atomic E-state index is 12.6. The Balaban J connectivity index is 1.95. The minimum Gasteiger partial charge on any atom is -0.313 e. The fourth-order valence-electron chi connectivity index (χ4n) is 1.65. The molecular formula is C13H16FN3. The van der Waals surface area contributed by atoms with Crippen molar-refractivity contribution in [2.24, 2.45) is 0 Å². The molecular weight excluding hydrogens is 217 g/mol. The minimum absolute atomic E-state index is 0.549. The van der Waals surface area contributed by atoms with E-state index in [1.54, 1.807) is 19.3 Å². The van der Waals surface area contributed by atoms with Gasteiger partial charge in [0.1, 0.15) is 0 Å². The summed E-state index contributed by atoms with van der Waals surface area (Å²) in [5.41, 5.74) is 2.93. The number of fused-ring (bicyclic) bond motifs is 1. The van der Waals surface area contributed by atoms with E-state index in [-0.39, 0.29) is 0 Å². The second-order valence-corrected chi connectivity index (χ2v) is 4.13. The number of rotatable bonds is 5. The van der Waals surface area contributed by atoms with Gasteiger partial charge in [0, 0.05) is 18.9 Å². The number of halogens is 1. The Labute approximate surface area is 100 Å². The SMILES string of the molecule is CC(F)CCNCc1ccc2nccnc2c1. The molecule has 3 nitrogen and oxygen atoms in total. The predicted octanol–water partition coefficient (Wildman–Crippen LogP) is 2.47. The third kappa shape index (κ3) is 3.46. The van der Waals surface area contributed by atoms with Crippen LogP contribution in [0.2, 0.25) is 0 Å². The first-order valence-corrected chi connectivity index (χ1v) is 5.80. The summed E-state index contributed by atoms with van der Waals surface area (Å²) in [5, 5.41) is 3.21. The Morgan fingerprint density at radius 1 is 1.24 bits per heavy atom. The fourth-order valence-corrected chi connectivity index (χ4v) is 1.65. The molecule has 17 heavy (non-hydrogen) atoms. The zero-order chi connectivity index (χ0) is 12.1. The van der Waals surface area contributed by atoms with Gasteiger partial charge in [0.25, 0.3) is 0 Å². The van der Waals surface area contributed by atoms with Crippen molar-refractivity contribution in [2.45, 2.75) is 26.1 Å². The predicted molar refractivity (Wildman–Crippen MR) is 66.4 cm³/mol. The molecule has 0 saturated carbocycles. The van der Waals surface area contributed by atoms with Gasteiger partial charge in [-0.05, 0) is 37.6 Å². The average molecular weight is 233 g/mol. The number of aromatic nitrogens is 2. The highest BCUT2D eigenvalue weighted by Crippen LogP contribution is 2.10. The van der Waals surface area contributed by atoms with Gasteiger partial charge in [0.2, 0.25) is 0 Å². The van der Waals surface area contributed by atoms with Gasteiger partial charge < -0.3 is 5.32 Å². The highest BCUT2D eigenvalue weighted by atomic mass is 19.1. The van der Waals surface area contributed by atoms with Gasteiger partial charge in [-0.1, -0.05) is 6.07 Å². The van der Waals surface area contributed by atoms with Crippen LogP contribution in [0.3, 0.4) is 0 Å². The lowest BCUT2D eigenvalue weighted by Gasteiger charge is -2.06. The molecule has 4 heteroatoms. The van der Waals surface area contributed by atoms with Gasteiger partial charge >= 0.3 is 0 Å². The molecule has 1 heterocycles. The molecule has 0 spiro atoms. The quantitative estimate of drug-likeness (QED) is 0.806. The van der Waals surface area contributed by atoms with Crippen molar-refractivity contribution in [3.05, 3.63) is 36.2 Å². The van der Waals surface area contributed by atoms with Crippen molar-refractivity contribution in [2.75, 3.05) is 6.54 Å². The van der Waals surface area contributed by atoms with E-state index in [9.17, 15) is 4.39 Å². The number of nitrogens with zero attached hydrogens (tertiary/aromatic N) is 2. The largest absolute Gasteiger partial charge is 0.313 e. The normalized spacial score (nSPS) is 12.8. The fraction of sp³-hybridized carbons (Fsp3) is 0.385. The summed E-state index contributed by atoms with van der Waals surface area (Å²) in [5.74, 6) is 0. The van der Waals surface area contributed by atoms with Crippen LogP contribution in [0.1, 0.15) is 18.9 Å². The van der Waals surface area contributed by atoms with Crippen LogP contribution in [0.25, 0.3) is 11.0 Å². The van der Waals surface area contributed by atoms with Crippen molar-refractivity contribution in [3.63, 3.8) is 0 Å². The third-order valence-corrected chi connectivity index (χ3v) is 2.58. The molecule has 1 aromatic heterocycles. The Morgan fingerprint density at radius 3 is 2.76 bits per heavy atom. The molecule has 0 aliphatic rings. The van der Waals surface area contributed by atoms with E-state index >= 15 is 0 Å². The highest BCUT2D eigenvalue weighted by Gasteiger charge is 1.99. The standard InChI is InChI=1S/C13H16FN3/c1-10(14)4-5-15-9-11-2-3-12-13(8-11)17-7-6-16-12/h2-3,6-8,10,15H,4-5,9H2,1H3. The molecule has 0 aliphatic carbocycles. The van der Waals surface area contributed by atoms with Gasteiger partial charge in [-0.25, -0.2) is 4.39 Å². The van der Waals surface area contributed by atoms with Gasteiger partial charge in [-0.2, -0.15) is 0 Å². The van der Waals surface area contributed by atoms with E-state index in [1.807, 2.05) is 18.2 Å². The van der Waals surface area contributed by atoms with E-state index < -0.39 is 6.17 Å². The Hall–Kier alpha value is -1.55. The summed E-state index contributed by atoms with van der Waals surface area (Å²) in [4.78, 5) is 8.46. The van der Waals surface area contributed by atoms with Crippen molar-refractivity contribution in [1.82, 2.24) is 15.3 Å². The van der Waals surface area contributed by atoms with Crippen LogP contribution >= 0.6 is 0 Å². The molecule has 0 aliphatic heterocycles. The molecule has 2 aromatic rings. The summed E-state index contributed by atoms with van der Waals surface area (Å²) in [6.45, 7) is 3.00. The average Bonchev–Trinajstić information content (AvgIpc) is 2.34. The minimum atomic E-state index is -0.745. The zero-order valence-corrected chi connectivity index (χ0v) is 9.86. The van der Waals surface area contributed by atoms with E-state index in [1.165, 1.54) is 0 Å². The van der Waals surface area contributed by atoms with Crippen LogP contribution in [0, 0.1) is 0 Å². The monoisotopic (exact) mass is 233 g/mol. The second-order valence-electron chi connectivity index (χ2n) is 4.13. The summed E-state index contributed by atoms with van der Waals surface area (Å²) >= 11 is 0. The number of benzene rings is 1. The first-order valence-electron chi connectivity index (χ1n) is 5.80. The van der Waals surface area contributed by atoms with E-state index in [2.05, 4.69) is 15.3 Å². The number of nitrogens with one attached hydrogen (secondary N) is 1. The Bertz CT molecular complexity index is 485. The molecule has 0 saturated heterocycles. The highest BCUT2D eigenvalue weighted by molar-refractivity contribution is 5.74. The van der Waals surface area contributed by atoms with Crippen LogP contribution in [0.5, 0.6) is 0 Å². The molecule has 1 unspecified atom stereocenters. The van der Waals surface area contributed by atoms with Crippen molar-refractivity contribution < 1.29 is 4.39 Å². The Morgan fingerprint density at radius 2 is 2.00 bits per heavy atom. The maximum atomic E-state index is 12.6.